The zero-order chi connectivity index (χ0) is 13.5. The Morgan fingerprint density at radius 2 is 2.05 bits per heavy atom. The van der Waals surface area contributed by atoms with Gasteiger partial charge in [-0.25, -0.2) is 4.39 Å². The number of hydrogen-bond acceptors (Lipinski definition) is 3. The maximum atomic E-state index is 14.2. The van der Waals surface area contributed by atoms with Crippen molar-refractivity contribution in [2.45, 2.75) is 38.4 Å². The Balaban J connectivity index is 2.08. The molecule has 2 heterocycles. The van der Waals surface area contributed by atoms with Crippen LogP contribution in [0.1, 0.15) is 43.9 Å². The minimum Gasteiger partial charge on any atom is -0.486 e. The Kier molecular flexibility index (Phi) is 3.13. The summed E-state index contributed by atoms with van der Waals surface area (Å²) in [6, 6.07) is 3.95. The molecular weight excluding hydrogens is 245 g/mol. The van der Waals surface area contributed by atoms with Gasteiger partial charge in [0.2, 0.25) is 0 Å². The number of benzene rings is 1. The van der Waals surface area contributed by atoms with Crippen molar-refractivity contribution in [3.8, 4) is 11.5 Å². The van der Waals surface area contributed by atoms with E-state index in [-0.39, 0.29) is 6.04 Å². The van der Waals surface area contributed by atoms with Crippen LogP contribution in [0.3, 0.4) is 0 Å². The van der Waals surface area contributed by atoms with E-state index in [9.17, 15) is 4.39 Å². The van der Waals surface area contributed by atoms with Gasteiger partial charge in [-0.15, -0.1) is 0 Å². The third kappa shape index (κ3) is 2.41. The van der Waals surface area contributed by atoms with Gasteiger partial charge in [0.15, 0.2) is 11.5 Å². The molecule has 1 N–H and O–H groups in total. The number of ether oxygens (including phenoxy) is 2. The first-order valence-electron chi connectivity index (χ1n) is 6.92. The monoisotopic (exact) mass is 265 g/mol. The fourth-order valence-corrected chi connectivity index (χ4v) is 2.73. The SMILES string of the molecule is CC(C)(F)c1cc2c(c(C3CCCN3)c1)OCCO2. The van der Waals surface area contributed by atoms with Gasteiger partial charge in [0.25, 0.3) is 0 Å². The van der Waals surface area contributed by atoms with Crippen LogP contribution in [0.25, 0.3) is 0 Å². The number of fused-ring (bicyclic) bond motifs is 1. The average molecular weight is 265 g/mol. The molecule has 0 aliphatic carbocycles. The first-order valence-corrected chi connectivity index (χ1v) is 6.92. The second-order valence-corrected chi connectivity index (χ2v) is 5.71. The normalized spacial score (nSPS) is 22.6. The summed E-state index contributed by atoms with van der Waals surface area (Å²) in [6.07, 6.45) is 2.20. The van der Waals surface area contributed by atoms with E-state index in [1.165, 1.54) is 0 Å². The van der Waals surface area contributed by atoms with E-state index in [2.05, 4.69) is 5.32 Å². The van der Waals surface area contributed by atoms with Gasteiger partial charge in [-0.2, -0.15) is 0 Å². The van der Waals surface area contributed by atoms with Crippen molar-refractivity contribution in [3.63, 3.8) is 0 Å². The zero-order valence-corrected chi connectivity index (χ0v) is 11.5. The number of alkyl halides is 1. The van der Waals surface area contributed by atoms with Crippen LogP contribution in [0.15, 0.2) is 12.1 Å². The maximum absolute atomic E-state index is 14.2. The second kappa shape index (κ2) is 4.67. The molecule has 0 bridgehead atoms. The van der Waals surface area contributed by atoms with Crippen LogP contribution in [-0.4, -0.2) is 19.8 Å². The highest BCUT2D eigenvalue weighted by molar-refractivity contribution is 5.53. The van der Waals surface area contributed by atoms with Crippen LogP contribution >= 0.6 is 0 Å². The van der Waals surface area contributed by atoms with Crippen molar-refractivity contribution in [2.24, 2.45) is 0 Å². The van der Waals surface area contributed by atoms with Crippen molar-refractivity contribution in [1.29, 1.82) is 0 Å². The van der Waals surface area contributed by atoms with E-state index in [0.29, 0.717) is 24.5 Å². The largest absolute Gasteiger partial charge is 0.486 e. The van der Waals surface area contributed by atoms with E-state index >= 15 is 0 Å². The number of hydrogen-bond donors (Lipinski definition) is 1. The van der Waals surface area contributed by atoms with Gasteiger partial charge in [0.05, 0.1) is 0 Å². The summed E-state index contributed by atoms with van der Waals surface area (Å²) < 4.78 is 25.6. The number of halogens is 1. The van der Waals surface area contributed by atoms with Crippen LogP contribution in [0.4, 0.5) is 4.39 Å². The summed E-state index contributed by atoms with van der Waals surface area (Å²) >= 11 is 0. The smallest absolute Gasteiger partial charge is 0.166 e. The molecule has 2 aliphatic rings. The molecule has 0 aromatic heterocycles. The molecule has 1 fully saturated rings. The summed E-state index contributed by atoms with van der Waals surface area (Å²) in [5.41, 5.74) is 0.319. The van der Waals surface area contributed by atoms with Gasteiger partial charge in [0, 0.05) is 11.6 Å². The standard InChI is InChI=1S/C15H20FNO2/c1-15(2,16)10-8-11(12-4-3-5-17-12)14-13(9-10)18-6-7-19-14/h8-9,12,17H,3-7H2,1-2H3. The quantitative estimate of drug-likeness (QED) is 0.891. The van der Waals surface area contributed by atoms with Crippen LogP contribution in [-0.2, 0) is 5.67 Å². The Morgan fingerprint density at radius 3 is 2.74 bits per heavy atom. The molecule has 0 saturated carbocycles. The zero-order valence-electron chi connectivity index (χ0n) is 11.5. The van der Waals surface area contributed by atoms with Crippen molar-refractivity contribution in [3.05, 3.63) is 23.3 Å². The van der Waals surface area contributed by atoms with Crippen molar-refractivity contribution in [2.75, 3.05) is 19.8 Å². The molecular formula is C15H20FNO2. The molecule has 3 nitrogen and oxygen atoms in total. The van der Waals surface area contributed by atoms with E-state index in [1.807, 2.05) is 6.07 Å². The summed E-state index contributed by atoms with van der Waals surface area (Å²) in [5.74, 6) is 1.47. The molecule has 0 radical (unpaired) electrons. The second-order valence-electron chi connectivity index (χ2n) is 5.71. The van der Waals surface area contributed by atoms with Crippen LogP contribution in [0, 0.1) is 0 Å². The fourth-order valence-electron chi connectivity index (χ4n) is 2.73. The Bertz CT molecular complexity index is 476. The van der Waals surface area contributed by atoms with Gasteiger partial charge < -0.3 is 14.8 Å². The lowest BCUT2D eigenvalue weighted by Crippen LogP contribution is -2.22. The predicted octanol–water partition coefficient (Wildman–Crippen LogP) is 3.09. The molecule has 3 rings (SSSR count). The summed E-state index contributed by atoms with van der Waals surface area (Å²) in [6.45, 7) is 5.24. The van der Waals surface area contributed by atoms with Crippen molar-refractivity contribution >= 4 is 0 Å². The summed E-state index contributed by atoms with van der Waals surface area (Å²) in [7, 11) is 0. The van der Waals surface area contributed by atoms with Crippen LogP contribution in [0.5, 0.6) is 11.5 Å². The average Bonchev–Trinajstić information content (AvgIpc) is 2.90. The lowest BCUT2D eigenvalue weighted by atomic mass is 9.93. The van der Waals surface area contributed by atoms with Gasteiger partial charge in [-0.05, 0) is 50.9 Å². The highest BCUT2D eigenvalue weighted by atomic mass is 19.1. The predicted molar refractivity (Wildman–Crippen MR) is 71.5 cm³/mol. The first-order chi connectivity index (χ1) is 9.05. The molecule has 19 heavy (non-hydrogen) atoms. The Hall–Kier alpha value is -1.29. The maximum Gasteiger partial charge on any atom is 0.166 e. The molecule has 0 amide bonds. The van der Waals surface area contributed by atoms with E-state index < -0.39 is 5.67 Å². The van der Waals surface area contributed by atoms with Crippen molar-refractivity contribution < 1.29 is 13.9 Å². The van der Waals surface area contributed by atoms with E-state index in [0.717, 1.165) is 30.7 Å². The molecule has 1 saturated heterocycles. The molecule has 0 spiro atoms. The van der Waals surface area contributed by atoms with Gasteiger partial charge in [0.1, 0.15) is 18.9 Å². The summed E-state index contributed by atoms with van der Waals surface area (Å²) in [5, 5.41) is 3.44. The lowest BCUT2D eigenvalue weighted by Gasteiger charge is -2.26. The van der Waals surface area contributed by atoms with Crippen LogP contribution in [0.2, 0.25) is 0 Å². The van der Waals surface area contributed by atoms with Gasteiger partial charge in [-0.1, -0.05) is 0 Å². The van der Waals surface area contributed by atoms with Crippen molar-refractivity contribution in [1.82, 2.24) is 5.32 Å². The molecule has 1 atom stereocenters. The molecule has 4 heteroatoms. The molecule has 1 aromatic carbocycles. The first kappa shape index (κ1) is 12.7. The minimum absolute atomic E-state index is 0.248. The minimum atomic E-state index is -1.37. The van der Waals surface area contributed by atoms with E-state index in [1.54, 1.807) is 19.9 Å². The third-order valence-electron chi connectivity index (χ3n) is 3.79. The third-order valence-corrected chi connectivity index (χ3v) is 3.79. The topological polar surface area (TPSA) is 30.5 Å². The van der Waals surface area contributed by atoms with Gasteiger partial charge >= 0.3 is 0 Å². The Labute approximate surface area is 113 Å². The number of rotatable bonds is 2. The van der Waals surface area contributed by atoms with Gasteiger partial charge in [-0.3, -0.25) is 0 Å². The highest BCUT2D eigenvalue weighted by Gasteiger charge is 2.29. The molecule has 1 unspecified atom stereocenters. The Morgan fingerprint density at radius 1 is 1.26 bits per heavy atom. The lowest BCUT2D eigenvalue weighted by molar-refractivity contribution is 0.166. The molecule has 1 aromatic rings. The highest BCUT2D eigenvalue weighted by Crippen LogP contribution is 2.43. The molecule has 2 aliphatic heterocycles. The summed E-state index contributed by atoms with van der Waals surface area (Å²) in [4.78, 5) is 0. The molecule has 104 valence electrons. The van der Waals surface area contributed by atoms with E-state index in [4.69, 9.17) is 9.47 Å². The number of nitrogens with one attached hydrogen (secondary N) is 1. The fraction of sp³-hybridized carbons (Fsp3) is 0.600. The van der Waals surface area contributed by atoms with Crippen LogP contribution < -0.4 is 14.8 Å².